The topological polar surface area (TPSA) is 56.7 Å². The van der Waals surface area contributed by atoms with E-state index >= 15 is 0 Å². The molecular formula is C16H22F3N3OS. The number of rotatable bonds is 5. The lowest BCUT2D eigenvalue weighted by atomic mass is 10.0. The Labute approximate surface area is 143 Å². The predicted octanol–water partition coefficient (Wildman–Crippen LogP) is 2.63. The van der Waals surface area contributed by atoms with Crippen LogP contribution < -0.4 is 10.6 Å². The Morgan fingerprint density at radius 2 is 2.17 bits per heavy atom. The highest BCUT2D eigenvalue weighted by Crippen LogP contribution is 2.29. The second-order valence-electron chi connectivity index (χ2n) is 5.77. The molecule has 4 nitrogen and oxygen atoms in total. The number of hydrogen-bond acceptors (Lipinski definition) is 3. The zero-order valence-electron chi connectivity index (χ0n) is 13.5. The van der Waals surface area contributed by atoms with Crippen LogP contribution in [0.2, 0.25) is 0 Å². The van der Waals surface area contributed by atoms with E-state index in [9.17, 15) is 18.3 Å². The second kappa shape index (κ2) is 8.11. The third-order valence-corrected chi connectivity index (χ3v) is 4.92. The van der Waals surface area contributed by atoms with Crippen molar-refractivity contribution in [3.05, 3.63) is 35.4 Å². The summed E-state index contributed by atoms with van der Waals surface area (Å²) in [6.45, 7) is 3.03. The molecule has 3 N–H and O–H groups in total. The summed E-state index contributed by atoms with van der Waals surface area (Å²) in [5.41, 5.74) is -0.945. The first kappa shape index (κ1) is 18.9. The summed E-state index contributed by atoms with van der Waals surface area (Å²) >= 11 is 1.70. The smallest absolute Gasteiger partial charge is 0.387 e. The van der Waals surface area contributed by atoms with Crippen molar-refractivity contribution in [1.82, 2.24) is 10.6 Å². The number of thioether (sulfide) groups is 1. The molecule has 1 aromatic rings. The molecule has 134 valence electrons. The minimum Gasteiger partial charge on any atom is -0.387 e. The maximum absolute atomic E-state index is 12.7. The number of halogens is 3. The van der Waals surface area contributed by atoms with Crippen LogP contribution in [-0.2, 0) is 12.7 Å². The van der Waals surface area contributed by atoms with Gasteiger partial charge in [-0.25, -0.2) is 4.99 Å². The number of nitrogens with zero attached hydrogens (tertiary/aromatic N) is 1. The third kappa shape index (κ3) is 5.59. The maximum atomic E-state index is 12.7. The monoisotopic (exact) mass is 361 g/mol. The van der Waals surface area contributed by atoms with Crippen molar-refractivity contribution in [2.24, 2.45) is 4.99 Å². The molecule has 1 atom stereocenters. The van der Waals surface area contributed by atoms with Crippen molar-refractivity contribution >= 4 is 17.7 Å². The molecule has 1 saturated heterocycles. The number of aliphatic imine (C=N–C) groups is 1. The molecule has 1 heterocycles. The van der Waals surface area contributed by atoms with Crippen LogP contribution in [0.5, 0.6) is 0 Å². The van der Waals surface area contributed by atoms with Gasteiger partial charge in [0.2, 0.25) is 0 Å². The third-order valence-electron chi connectivity index (χ3n) is 3.69. The van der Waals surface area contributed by atoms with Crippen molar-refractivity contribution in [2.75, 3.05) is 24.6 Å². The van der Waals surface area contributed by atoms with Crippen molar-refractivity contribution < 1.29 is 18.3 Å². The van der Waals surface area contributed by atoms with Gasteiger partial charge in [-0.3, -0.25) is 0 Å². The van der Waals surface area contributed by atoms with Crippen LogP contribution in [0.4, 0.5) is 13.2 Å². The van der Waals surface area contributed by atoms with Gasteiger partial charge in [-0.1, -0.05) is 12.1 Å². The number of hydrogen-bond donors (Lipinski definition) is 3. The molecule has 24 heavy (non-hydrogen) atoms. The van der Waals surface area contributed by atoms with Gasteiger partial charge in [-0.15, -0.1) is 0 Å². The van der Waals surface area contributed by atoms with Crippen LogP contribution in [0.1, 0.15) is 24.5 Å². The van der Waals surface area contributed by atoms with Gasteiger partial charge < -0.3 is 15.7 Å². The van der Waals surface area contributed by atoms with Crippen LogP contribution in [0.3, 0.4) is 0 Å². The zero-order valence-corrected chi connectivity index (χ0v) is 14.3. The van der Waals surface area contributed by atoms with E-state index in [0.29, 0.717) is 30.4 Å². The quantitative estimate of drug-likeness (QED) is 0.557. The fourth-order valence-corrected chi connectivity index (χ4v) is 3.64. The molecule has 0 radical (unpaired) electrons. The van der Waals surface area contributed by atoms with E-state index in [-0.39, 0.29) is 6.54 Å². The minimum atomic E-state index is -4.36. The molecule has 0 amide bonds. The van der Waals surface area contributed by atoms with Crippen molar-refractivity contribution in [2.45, 2.75) is 31.7 Å². The summed E-state index contributed by atoms with van der Waals surface area (Å²) in [5.74, 6) is 2.09. The van der Waals surface area contributed by atoms with Crippen LogP contribution in [0.15, 0.2) is 29.3 Å². The first-order valence-electron chi connectivity index (χ1n) is 7.81. The first-order chi connectivity index (χ1) is 11.3. The summed E-state index contributed by atoms with van der Waals surface area (Å²) in [5, 5.41) is 16.4. The summed E-state index contributed by atoms with van der Waals surface area (Å²) in [6.07, 6.45) is -3.64. The lowest BCUT2D eigenvalue weighted by Crippen LogP contribution is -2.47. The average molecular weight is 361 g/mol. The summed E-state index contributed by atoms with van der Waals surface area (Å²) in [6, 6.07) is 5.15. The van der Waals surface area contributed by atoms with E-state index in [0.717, 1.165) is 24.3 Å². The van der Waals surface area contributed by atoms with E-state index in [2.05, 4.69) is 15.6 Å². The van der Waals surface area contributed by atoms with Crippen LogP contribution >= 0.6 is 11.8 Å². The molecule has 0 saturated carbocycles. The number of alkyl halides is 3. The average Bonchev–Trinajstić information content (AvgIpc) is 2.97. The Kier molecular flexibility index (Phi) is 6.40. The Morgan fingerprint density at radius 3 is 2.79 bits per heavy atom. The SMILES string of the molecule is CCNC(=NCc1cccc(C(F)(F)F)c1)NCC1(O)CCSC1. The highest BCUT2D eigenvalue weighted by Gasteiger charge is 2.32. The van der Waals surface area contributed by atoms with Crippen LogP contribution in [0, 0.1) is 0 Å². The summed E-state index contributed by atoms with van der Waals surface area (Å²) in [7, 11) is 0. The molecule has 0 spiro atoms. The van der Waals surface area contributed by atoms with E-state index in [1.807, 2.05) is 6.92 Å². The van der Waals surface area contributed by atoms with E-state index in [1.54, 1.807) is 17.8 Å². The van der Waals surface area contributed by atoms with Crippen molar-refractivity contribution in [3.8, 4) is 0 Å². The van der Waals surface area contributed by atoms with Crippen LogP contribution in [-0.4, -0.2) is 41.3 Å². The number of guanidine groups is 1. The maximum Gasteiger partial charge on any atom is 0.416 e. The standard InChI is InChI=1S/C16H22F3N3OS/c1-2-20-14(22-10-15(23)6-7-24-11-15)21-9-12-4-3-5-13(8-12)16(17,18)19/h3-5,8,23H,2,6-7,9-11H2,1H3,(H2,20,21,22). The molecular weight excluding hydrogens is 339 g/mol. The Bertz CT molecular complexity index is 572. The number of benzene rings is 1. The molecule has 0 aromatic heterocycles. The molecule has 1 fully saturated rings. The molecule has 1 aliphatic heterocycles. The van der Waals surface area contributed by atoms with Gasteiger partial charge in [0.1, 0.15) is 0 Å². The van der Waals surface area contributed by atoms with E-state index < -0.39 is 17.3 Å². The highest BCUT2D eigenvalue weighted by atomic mass is 32.2. The molecule has 1 aromatic carbocycles. The van der Waals surface area contributed by atoms with Gasteiger partial charge in [-0.2, -0.15) is 24.9 Å². The Morgan fingerprint density at radius 1 is 1.38 bits per heavy atom. The Hall–Kier alpha value is -1.41. The largest absolute Gasteiger partial charge is 0.416 e. The minimum absolute atomic E-state index is 0.131. The lowest BCUT2D eigenvalue weighted by molar-refractivity contribution is -0.137. The first-order valence-corrected chi connectivity index (χ1v) is 8.96. The molecule has 1 unspecified atom stereocenters. The molecule has 0 aliphatic carbocycles. The van der Waals surface area contributed by atoms with Gasteiger partial charge in [0.15, 0.2) is 5.96 Å². The normalized spacial score (nSPS) is 21.8. The van der Waals surface area contributed by atoms with Crippen molar-refractivity contribution in [3.63, 3.8) is 0 Å². The fraction of sp³-hybridized carbons (Fsp3) is 0.562. The molecule has 1 aliphatic rings. The predicted molar refractivity (Wildman–Crippen MR) is 91.2 cm³/mol. The number of nitrogens with one attached hydrogen (secondary N) is 2. The van der Waals surface area contributed by atoms with Gasteiger partial charge in [-0.05, 0) is 36.8 Å². The lowest BCUT2D eigenvalue weighted by Gasteiger charge is -2.23. The van der Waals surface area contributed by atoms with Gasteiger partial charge in [0.05, 0.1) is 17.7 Å². The fourth-order valence-electron chi connectivity index (χ4n) is 2.34. The highest BCUT2D eigenvalue weighted by molar-refractivity contribution is 7.99. The summed E-state index contributed by atoms with van der Waals surface area (Å²) in [4.78, 5) is 4.31. The van der Waals surface area contributed by atoms with E-state index in [4.69, 9.17) is 0 Å². The van der Waals surface area contributed by atoms with Gasteiger partial charge in [0, 0.05) is 18.8 Å². The van der Waals surface area contributed by atoms with Gasteiger partial charge in [0.25, 0.3) is 0 Å². The van der Waals surface area contributed by atoms with Crippen LogP contribution in [0.25, 0.3) is 0 Å². The molecule has 0 bridgehead atoms. The number of aliphatic hydroxyl groups is 1. The zero-order chi connectivity index (χ0) is 17.6. The second-order valence-corrected chi connectivity index (χ2v) is 6.88. The molecule has 8 heteroatoms. The van der Waals surface area contributed by atoms with E-state index in [1.165, 1.54) is 6.07 Å². The Balaban J connectivity index is 2.00. The summed E-state index contributed by atoms with van der Waals surface area (Å²) < 4.78 is 38.2. The molecule has 2 rings (SSSR count). The van der Waals surface area contributed by atoms with Gasteiger partial charge >= 0.3 is 6.18 Å². The van der Waals surface area contributed by atoms with Crippen molar-refractivity contribution in [1.29, 1.82) is 0 Å².